The van der Waals surface area contributed by atoms with Gasteiger partial charge in [-0.3, -0.25) is 14.5 Å². The van der Waals surface area contributed by atoms with Crippen molar-refractivity contribution in [2.75, 3.05) is 19.6 Å². The van der Waals surface area contributed by atoms with Gasteiger partial charge < -0.3 is 10.4 Å². The van der Waals surface area contributed by atoms with Crippen LogP contribution in [0, 0.1) is 0 Å². The van der Waals surface area contributed by atoms with Crippen LogP contribution in [0.25, 0.3) is 16.4 Å². The van der Waals surface area contributed by atoms with Crippen LogP contribution >= 0.6 is 11.3 Å². The van der Waals surface area contributed by atoms with E-state index in [1.54, 1.807) is 5.38 Å². The summed E-state index contributed by atoms with van der Waals surface area (Å²) in [5, 5.41) is 17.8. The van der Waals surface area contributed by atoms with Crippen molar-refractivity contribution in [1.29, 1.82) is 0 Å². The van der Waals surface area contributed by atoms with Crippen LogP contribution < -0.4 is 5.32 Å². The third kappa shape index (κ3) is 6.49. The maximum atomic E-state index is 13.7. The van der Waals surface area contributed by atoms with Gasteiger partial charge in [-0.25, -0.2) is 18.4 Å². The standard InChI is InChI=1S/C23H22F5N5O3S/c24-22(25)6-9-32(13-22)8-5-14(11-19(34)35)30-20(36)17-12-18(33(31-17)21-29-7-10-37-21)15-3-1-2-4-16(15)23(26,27)28/h1-4,7,10,12,14H,5-6,8-9,11,13H2,(H,30,36)(H,34,35). The van der Waals surface area contributed by atoms with Crippen LogP contribution in [0.2, 0.25) is 0 Å². The molecule has 14 heteroatoms. The summed E-state index contributed by atoms with van der Waals surface area (Å²) in [6.45, 7) is -0.145. The lowest BCUT2D eigenvalue weighted by molar-refractivity contribution is -0.138. The van der Waals surface area contributed by atoms with E-state index in [1.165, 1.54) is 35.4 Å². The van der Waals surface area contributed by atoms with Crippen molar-refractivity contribution < 1.29 is 36.6 Å². The zero-order valence-electron chi connectivity index (χ0n) is 19.2. The van der Waals surface area contributed by atoms with Gasteiger partial charge in [0, 0.05) is 42.7 Å². The molecular formula is C23H22F5N5O3S. The number of nitrogens with one attached hydrogen (secondary N) is 1. The molecule has 0 bridgehead atoms. The zero-order valence-corrected chi connectivity index (χ0v) is 20.0. The van der Waals surface area contributed by atoms with Crippen molar-refractivity contribution in [2.24, 2.45) is 0 Å². The fraction of sp³-hybridized carbons (Fsp3) is 0.391. The van der Waals surface area contributed by atoms with Crippen LogP contribution in [0.1, 0.15) is 35.3 Å². The second-order valence-corrected chi connectivity index (χ2v) is 9.50. The molecule has 1 fully saturated rings. The highest BCUT2D eigenvalue weighted by Crippen LogP contribution is 2.38. The highest BCUT2D eigenvalue weighted by Gasteiger charge is 2.38. The number of aliphatic carboxylic acids is 1. The Kier molecular flexibility index (Phi) is 7.59. The lowest BCUT2D eigenvalue weighted by Gasteiger charge is -2.21. The van der Waals surface area contributed by atoms with Crippen molar-refractivity contribution in [3.63, 3.8) is 0 Å². The van der Waals surface area contributed by atoms with E-state index >= 15 is 0 Å². The van der Waals surface area contributed by atoms with Gasteiger partial charge in [-0.1, -0.05) is 18.2 Å². The number of thiazole rings is 1. The molecule has 2 aromatic heterocycles. The Morgan fingerprint density at radius 2 is 2.00 bits per heavy atom. The molecule has 0 aliphatic carbocycles. The molecule has 1 aliphatic heterocycles. The van der Waals surface area contributed by atoms with E-state index in [4.69, 9.17) is 0 Å². The first-order valence-electron chi connectivity index (χ1n) is 11.2. The summed E-state index contributed by atoms with van der Waals surface area (Å²) in [4.78, 5) is 29.9. The first-order chi connectivity index (χ1) is 17.4. The quantitative estimate of drug-likeness (QED) is 0.390. The minimum Gasteiger partial charge on any atom is -0.481 e. The number of likely N-dealkylation sites (tertiary alicyclic amines) is 1. The molecular weight excluding hydrogens is 521 g/mol. The Balaban J connectivity index is 1.60. The molecule has 0 radical (unpaired) electrons. The summed E-state index contributed by atoms with van der Waals surface area (Å²) >= 11 is 1.10. The summed E-state index contributed by atoms with van der Waals surface area (Å²) in [6.07, 6.45) is -3.90. The lowest BCUT2D eigenvalue weighted by Crippen LogP contribution is -2.39. The van der Waals surface area contributed by atoms with Gasteiger partial charge >= 0.3 is 12.1 Å². The molecule has 198 valence electrons. The number of rotatable bonds is 9. The fourth-order valence-corrected chi connectivity index (χ4v) is 4.74. The highest BCUT2D eigenvalue weighted by molar-refractivity contribution is 7.12. The number of hydrogen-bond acceptors (Lipinski definition) is 6. The van der Waals surface area contributed by atoms with Crippen molar-refractivity contribution in [1.82, 2.24) is 25.0 Å². The number of hydrogen-bond donors (Lipinski definition) is 2. The molecule has 8 nitrogen and oxygen atoms in total. The van der Waals surface area contributed by atoms with E-state index < -0.39 is 48.5 Å². The summed E-state index contributed by atoms with van der Waals surface area (Å²) in [6, 6.07) is 5.12. The Bertz CT molecular complexity index is 1260. The van der Waals surface area contributed by atoms with Gasteiger partial charge in [0.05, 0.1) is 24.2 Å². The number of alkyl halides is 5. The molecule has 4 rings (SSSR count). The van der Waals surface area contributed by atoms with Crippen LogP contribution in [0.15, 0.2) is 41.9 Å². The SMILES string of the molecule is O=C(O)CC(CCN1CCC(F)(F)C1)NC(=O)c1cc(-c2ccccc2C(F)(F)F)n(-c2nccs2)n1. The Morgan fingerprint density at radius 3 is 2.62 bits per heavy atom. The van der Waals surface area contributed by atoms with Gasteiger partial charge in [0.15, 0.2) is 5.69 Å². The van der Waals surface area contributed by atoms with Crippen molar-refractivity contribution >= 4 is 23.2 Å². The van der Waals surface area contributed by atoms with E-state index in [1.807, 2.05) is 0 Å². The summed E-state index contributed by atoms with van der Waals surface area (Å²) in [5.41, 5.74) is -1.41. The van der Waals surface area contributed by atoms with Gasteiger partial charge in [-0.15, -0.1) is 11.3 Å². The van der Waals surface area contributed by atoms with E-state index in [9.17, 15) is 36.6 Å². The highest BCUT2D eigenvalue weighted by atomic mass is 32.1. The predicted molar refractivity (Wildman–Crippen MR) is 124 cm³/mol. The van der Waals surface area contributed by atoms with Crippen LogP contribution in [-0.2, 0) is 11.0 Å². The Hall–Kier alpha value is -3.39. The normalized spacial score (nSPS) is 16.6. The van der Waals surface area contributed by atoms with Crippen molar-refractivity contribution in [2.45, 2.75) is 37.4 Å². The number of nitrogens with zero attached hydrogens (tertiary/aromatic N) is 4. The second kappa shape index (κ2) is 10.5. The molecule has 1 unspecified atom stereocenters. The number of carbonyl (C=O) groups is 2. The first-order valence-corrected chi connectivity index (χ1v) is 12.1. The maximum absolute atomic E-state index is 13.7. The average molecular weight is 544 g/mol. The van der Waals surface area contributed by atoms with E-state index in [2.05, 4.69) is 15.4 Å². The molecule has 2 N–H and O–H groups in total. The maximum Gasteiger partial charge on any atom is 0.417 e. The topological polar surface area (TPSA) is 100 Å². The molecule has 1 aromatic carbocycles. The predicted octanol–water partition coefficient (Wildman–Crippen LogP) is 4.32. The van der Waals surface area contributed by atoms with Gasteiger partial charge in [0.25, 0.3) is 11.8 Å². The first kappa shape index (κ1) is 26.7. The number of halogens is 5. The fourth-order valence-electron chi connectivity index (χ4n) is 4.14. The van der Waals surface area contributed by atoms with Crippen LogP contribution in [0.3, 0.4) is 0 Å². The minimum atomic E-state index is -4.67. The van der Waals surface area contributed by atoms with Gasteiger partial charge in [-0.2, -0.15) is 18.3 Å². The minimum absolute atomic E-state index is 0.0258. The van der Waals surface area contributed by atoms with Crippen LogP contribution in [-0.4, -0.2) is 68.2 Å². The second-order valence-electron chi connectivity index (χ2n) is 8.62. The Morgan fingerprint density at radius 1 is 1.24 bits per heavy atom. The van der Waals surface area contributed by atoms with Gasteiger partial charge in [-0.05, 0) is 18.6 Å². The molecule has 1 aliphatic rings. The molecule has 3 aromatic rings. The average Bonchev–Trinajstić information content (AvgIpc) is 3.56. The molecule has 1 amide bonds. The molecule has 1 saturated heterocycles. The third-order valence-electron chi connectivity index (χ3n) is 5.85. The number of carboxylic acid groups (broad SMARTS) is 1. The van der Waals surface area contributed by atoms with E-state index in [0.717, 1.165) is 22.1 Å². The van der Waals surface area contributed by atoms with E-state index in [0.29, 0.717) is 0 Å². The largest absolute Gasteiger partial charge is 0.481 e. The monoisotopic (exact) mass is 543 g/mol. The summed E-state index contributed by atoms with van der Waals surface area (Å²) < 4.78 is 69.2. The molecule has 0 spiro atoms. The number of aromatic nitrogens is 3. The van der Waals surface area contributed by atoms with Gasteiger partial charge in [0.2, 0.25) is 5.13 Å². The van der Waals surface area contributed by atoms with Crippen molar-refractivity contribution in [3.05, 3.63) is 53.2 Å². The van der Waals surface area contributed by atoms with Crippen molar-refractivity contribution in [3.8, 4) is 16.4 Å². The lowest BCUT2D eigenvalue weighted by atomic mass is 10.0. The Labute approximate surface area is 211 Å². The summed E-state index contributed by atoms with van der Waals surface area (Å²) in [5.74, 6) is -4.82. The number of carbonyl (C=O) groups excluding carboxylic acids is 1. The number of benzene rings is 1. The van der Waals surface area contributed by atoms with Crippen LogP contribution in [0.4, 0.5) is 22.0 Å². The summed E-state index contributed by atoms with van der Waals surface area (Å²) in [7, 11) is 0. The number of carboxylic acids is 1. The van der Waals surface area contributed by atoms with Crippen LogP contribution in [0.5, 0.6) is 0 Å². The third-order valence-corrected chi connectivity index (χ3v) is 6.60. The van der Waals surface area contributed by atoms with Gasteiger partial charge in [0.1, 0.15) is 0 Å². The molecule has 37 heavy (non-hydrogen) atoms. The molecule has 0 saturated carbocycles. The zero-order chi connectivity index (χ0) is 26.8. The molecule has 3 heterocycles. The van der Waals surface area contributed by atoms with E-state index in [-0.39, 0.29) is 48.0 Å². The molecule has 1 atom stereocenters. The smallest absolute Gasteiger partial charge is 0.417 e. The number of amides is 1.